The first kappa shape index (κ1) is 17.9. The van der Waals surface area contributed by atoms with E-state index in [0.29, 0.717) is 23.0 Å². The van der Waals surface area contributed by atoms with E-state index in [1.807, 2.05) is 42.5 Å². The predicted molar refractivity (Wildman–Crippen MR) is 103 cm³/mol. The quantitative estimate of drug-likeness (QED) is 0.671. The summed E-state index contributed by atoms with van der Waals surface area (Å²) >= 11 is 0. The number of carbonyl (C=O) groups is 1. The molecule has 0 aliphatic rings. The van der Waals surface area contributed by atoms with E-state index in [9.17, 15) is 15.0 Å². The first-order chi connectivity index (χ1) is 12.4. The molecule has 0 aliphatic carbocycles. The Kier molecular flexibility index (Phi) is 4.94. The largest absolute Gasteiger partial charge is 0.505 e. The lowest BCUT2D eigenvalue weighted by atomic mass is 9.92. The molecule has 4 nitrogen and oxygen atoms in total. The molecule has 1 heterocycles. The van der Waals surface area contributed by atoms with Crippen LogP contribution in [0.1, 0.15) is 59.8 Å². The fraction of sp³-hybridized carbons (Fsp3) is 0.273. The average molecular weight is 349 g/mol. The minimum Gasteiger partial charge on any atom is -0.505 e. The van der Waals surface area contributed by atoms with Gasteiger partial charge < -0.3 is 10.2 Å². The van der Waals surface area contributed by atoms with Gasteiger partial charge in [-0.2, -0.15) is 0 Å². The van der Waals surface area contributed by atoms with E-state index in [1.54, 1.807) is 6.07 Å². The Morgan fingerprint density at radius 3 is 2.35 bits per heavy atom. The molecule has 0 saturated carbocycles. The van der Waals surface area contributed by atoms with E-state index < -0.39 is 5.97 Å². The number of hydrogen-bond donors (Lipinski definition) is 2. The number of aromatic carboxylic acids is 1. The van der Waals surface area contributed by atoms with Crippen LogP contribution >= 0.6 is 0 Å². The Morgan fingerprint density at radius 1 is 1.04 bits per heavy atom. The van der Waals surface area contributed by atoms with Crippen LogP contribution < -0.4 is 0 Å². The highest BCUT2D eigenvalue weighted by atomic mass is 16.4. The highest BCUT2D eigenvalue weighted by molar-refractivity contribution is 6.06. The second-order valence-corrected chi connectivity index (χ2v) is 7.00. The van der Waals surface area contributed by atoms with Crippen LogP contribution in [0.3, 0.4) is 0 Å². The molecule has 0 aliphatic heterocycles. The zero-order chi connectivity index (χ0) is 18.8. The van der Waals surface area contributed by atoms with Gasteiger partial charge in [0.1, 0.15) is 5.56 Å². The molecule has 3 rings (SSSR count). The van der Waals surface area contributed by atoms with Crippen LogP contribution in [0.15, 0.2) is 48.5 Å². The summed E-state index contributed by atoms with van der Waals surface area (Å²) in [4.78, 5) is 16.5. The standard InChI is InChI=1S/C22H23NO3/c1-13(2)16-10-7-11-17-19(22(25)26)21(24)18(23-20(16)17)12-14(3)15-8-5-4-6-9-15/h4-11,13-14,24H,12H2,1-3H3,(H,25,26). The third-order valence-electron chi connectivity index (χ3n) is 4.80. The van der Waals surface area contributed by atoms with Crippen molar-refractivity contribution in [2.75, 3.05) is 0 Å². The summed E-state index contributed by atoms with van der Waals surface area (Å²) in [5.74, 6) is -1.05. The van der Waals surface area contributed by atoms with E-state index in [1.165, 1.54) is 0 Å². The fourth-order valence-corrected chi connectivity index (χ4v) is 3.36. The fourth-order valence-electron chi connectivity index (χ4n) is 3.36. The van der Waals surface area contributed by atoms with Crippen molar-refractivity contribution in [1.82, 2.24) is 4.98 Å². The SMILES string of the molecule is CC(C)c1cccc2c(C(=O)O)c(O)c(CC(C)c3ccccc3)nc12. The number of benzene rings is 2. The minimum absolute atomic E-state index is 0.0623. The van der Waals surface area contributed by atoms with Gasteiger partial charge in [-0.3, -0.25) is 0 Å². The van der Waals surface area contributed by atoms with Crippen molar-refractivity contribution >= 4 is 16.9 Å². The molecule has 1 aromatic heterocycles. The number of nitrogens with zero attached hydrogens (tertiary/aromatic N) is 1. The number of rotatable bonds is 5. The number of aromatic hydroxyl groups is 1. The minimum atomic E-state index is -1.13. The topological polar surface area (TPSA) is 70.4 Å². The first-order valence-corrected chi connectivity index (χ1v) is 8.82. The lowest BCUT2D eigenvalue weighted by Gasteiger charge is -2.17. The highest BCUT2D eigenvalue weighted by Crippen LogP contribution is 2.35. The number of carboxylic acids is 1. The number of hydrogen-bond acceptors (Lipinski definition) is 3. The molecule has 1 atom stereocenters. The van der Waals surface area contributed by atoms with Crippen molar-refractivity contribution in [2.45, 2.75) is 39.0 Å². The monoisotopic (exact) mass is 349 g/mol. The molecule has 0 saturated heterocycles. The summed E-state index contributed by atoms with van der Waals surface area (Å²) < 4.78 is 0. The zero-order valence-corrected chi connectivity index (χ0v) is 15.2. The number of carboxylic acid groups (broad SMARTS) is 1. The smallest absolute Gasteiger partial charge is 0.340 e. The van der Waals surface area contributed by atoms with Gasteiger partial charge in [0.2, 0.25) is 0 Å². The molecule has 134 valence electrons. The molecule has 3 aromatic rings. The summed E-state index contributed by atoms with van der Waals surface area (Å²) in [6, 6.07) is 15.4. The maximum atomic E-state index is 11.8. The Labute approximate surface area is 153 Å². The number of pyridine rings is 1. The molecule has 2 aromatic carbocycles. The van der Waals surface area contributed by atoms with E-state index in [4.69, 9.17) is 4.98 Å². The summed E-state index contributed by atoms with van der Waals surface area (Å²) in [5.41, 5.74) is 3.14. The molecular weight excluding hydrogens is 326 g/mol. The summed E-state index contributed by atoms with van der Waals surface area (Å²) in [7, 11) is 0. The average Bonchev–Trinajstić information content (AvgIpc) is 2.62. The molecule has 0 bridgehead atoms. The molecule has 0 spiro atoms. The van der Waals surface area contributed by atoms with Crippen molar-refractivity contribution in [3.05, 3.63) is 70.9 Å². The van der Waals surface area contributed by atoms with Crippen LogP contribution in [0.2, 0.25) is 0 Å². The van der Waals surface area contributed by atoms with Crippen LogP contribution in [-0.4, -0.2) is 21.2 Å². The Balaban J connectivity index is 2.17. The third kappa shape index (κ3) is 3.27. The molecule has 0 radical (unpaired) electrons. The first-order valence-electron chi connectivity index (χ1n) is 8.82. The van der Waals surface area contributed by atoms with Gasteiger partial charge in [0.15, 0.2) is 5.75 Å². The zero-order valence-electron chi connectivity index (χ0n) is 15.2. The molecule has 26 heavy (non-hydrogen) atoms. The molecular formula is C22H23NO3. The number of aromatic nitrogens is 1. The van der Waals surface area contributed by atoms with Crippen molar-refractivity contribution in [3.8, 4) is 5.75 Å². The summed E-state index contributed by atoms with van der Waals surface area (Å²) in [6.45, 7) is 6.15. The lowest BCUT2D eigenvalue weighted by Crippen LogP contribution is -2.08. The molecule has 1 unspecified atom stereocenters. The van der Waals surface area contributed by atoms with Crippen LogP contribution in [0.4, 0.5) is 0 Å². The second-order valence-electron chi connectivity index (χ2n) is 7.00. The molecule has 0 amide bonds. The predicted octanol–water partition coefficient (Wildman–Crippen LogP) is 5.11. The molecule has 2 N–H and O–H groups in total. The Hall–Kier alpha value is -2.88. The normalized spacial score (nSPS) is 12.5. The van der Waals surface area contributed by atoms with Gasteiger partial charge in [-0.1, -0.05) is 69.3 Å². The second kappa shape index (κ2) is 7.16. The summed E-state index contributed by atoms with van der Waals surface area (Å²) in [6.07, 6.45) is 0.471. The Bertz CT molecular complexity index is 949. The maximum Gasteiger partial charge on any atom is 0.340 e. The Morgan fingerprint density at radius 2 is 1.73 bits per heavy atom. The van der Waals surface area contributed by atoms with Gasteiger partial charge in [0.25, 0.3) is 0 Å². The van der Waals surface area contributed by atoms with Gasteiger partial charge in [-0.15, -0.1) is 0 Å². The van der Waals surface area contributed by atoms with Crippen LogP contribution in [0, 0.1) is 0 Å². The molecule has 4 heteroatoms. The third-order valence-corrected chi connectivity index (χ3v) is 4.80. The van der Waals surface area contributed by atoms with E-state index in [-0.39, 0.29) is 23.1 Å². The van der Waals surface area contributed by atoms with Crippen LogP contribution in [0.25, 0.3) is 10.9 Å². The van der Waals surface area contributed by atoms with Crippen LogP contribution in [-0.2, 0) is 6.42 Å². The van der Waals surface area contributed by atoms with Gasteiger partial charge >= 0.3 is 5.97 Å². The van der Waals surface area contributed by atoms with Gasteiger partial charge in [-0.05, 0) is 23.0 Å². The van der Waals surface area contributed by atoms with E-state index in [2.05, 4.69) is 20.8 Å². The van der Waals surface area contributed by atoms with E-state index in [0.717, 1.165) is 11.1 Å². The summed E-state index contributed by atoms with van der Waals surface area (Å²) in [5, 5.41) is 20.8. The van der Waals surface area contributed by atoms with E-state index >= 15 is 0 Å². The van der Waals surface area contributed by atoms with Gasteiger partial charge in [-0.25, -0.2) is 9.78 Å². The van der Waals surface area contributed by atoms with Crippen molar-refractivity contribution in [2.24, 2.45) is 0 Å². The van der Waals surface area contributed by atoms with Crippen molar-refractivity contribution < 1.29 is 15.0 Å². The highest BCUT2D eigenvalue weighted by Gasteiger charge is 2.23. The number of fused-ring (bicyclic) bond motifs is 1. The maximum absolute atomic E-state index is 11.8. The van der Waals surface area contributed by atoms with Crippen molar-refractivity contribution in [1.29, 1.82) is 0 Å². The van der Waals surface area contributed by atoms with Crippen molar-refractivity contribution in [3.63, 3.8) is 0 Å². The lowest BCUT2D eigenvalue weighted by molar-refractivity contribution is 0.0695. The van der Waals surface area contributed by atoms with Gasteiger partial charge in [0, 0.05) is 11.8 Å². The van der Waals surface area contributed by atoms with Gasteiger partial charge in [0.05, 0.1) is 11.2 Å². The van der Waals surface area contributed by atoms with Crippen LogP contribution in [0.5, 0.6) is 5.75 Å². The number of para-hydroxylation sites is 1. The molecule has 0 fully saturated rings.